The van der Waals surface area contributed by atoms with Crippen LogP contribution in [-0.4, -0.2) is 72.4 Å². The first-order valence-corrected chi connectivity index (χ1v) is 10.2. The SMILES string of the molecule is CCOC(CCNC(=NC)NCCOCCS(C)(=O)=O)C(C)C.I. The third-order valence-corrected chi connectivity index (χ3v) is 4.11. The molecule has 0 heterocycles. The molecule has 9 heteroatoms. The molecule has 1 unspecified atom stereocenters. The number of guanidine groups is 1. The zero-order valence-corrected chi connectivity index (χ0v) is 18.6. The van der Waals surface area contributed by atoms with Crippen LogP contribution in [0, 0.1) is 5.92 Å². The third-order valence-electron chi connectivity index (χ3n) is 3.21. The number of hydrogen-bond acceptors (Lipinski definition) is 5. The number of rotatable bonds is 12. The minimum atomic E-state index is -2.96. The summed E-state index contributed by atoms with van der Waals surface area (Å²) >= 11 is 0. The molecule has 0 aromatic rings. The van der Waals surface area contributed by atoms with Crippen LogP contribution in [0.5, 0.6) is 0 Å². The zero-order chi connectivity index (χ0) is 17.7. The van der Waals surface area contributed by atoms with Gasteiger partial charge in [-0.15, -0.1) is 24.0 Å². The molecule has 24 heavy (non-hydrogen) atoms. The fourth-order valence-electron chi connectivity index (χ4n) is 1.93. The van der Waals surface area contributed by atoms with Crippen LogP contribution in [0.3, 0.4) is 0 Å². The summed E-state index contributed by atoms with van der Waals surface area (Å²) in [5, 5.41) is 6.36. The maximum absolute atomic E-state index is 11.0. The summed E-state index contributed by atoms with van der Waals surface area (Å²) in [5.41, 5.74) is 0. The Balaban J connectivity index is 0. The van der Waals surface area contributed by atoms with E-state index in [1.807, 2.05) is 6.92 Å². The molecule has 0 aliphatic carbocycles. The van der Waals surface area contributed by atoms with Gasteiger partial charge in [-0.3, -0.25) is 4.99 Å². The Kier molecular flexibility index (Phi) is 16.5. The predicted octanol–water partition coefficient (Wildman–Crippen LogP) is 1.28. The molecule has 0 spiro atoms. The van der Waals surface area contributed by atoms with Gasteiger partial charge in [-0.1, -0.05) is 13.8 Å². The number of aliphatic imine (C=N–C) groups is 1. The normalized spacial score (nSPS) is 13.5. The Bertz CT molecular complexity index is 430. The summed E-state index contributed by atoms with van der Waals surface area (Å²) in [6, 6.07) is 0. The van der Waals surface area contributed by atoms with Crippen molar-refractivity contribution in [3.63, 3.8) is 0 Å². The number of nitrogens with one attached hydrogen (secondary N) is 2. The summed E-state index contributed by atoms with van der Waals surface area (Å²) in [5.74, 6) is 1.24. The van der Waals surface area contributed by atoms with Gasteiger partial charge < -0.3 is 20.1 Å². The predicted molar refractivity (Wildman–Crippen MR) is 110 cm³/mol. The maximum atomic E-state index is 11.0. The summed E-state index contributed by atoms with van der Waals surface area (Å²) in [7, 11) is -1.25. The van der Waals surface area contributed by atoms with Crippen LogP contribution in [0.1, 0.15) is 27.2 Å². The molecular formula is C15H34IN3O4S. The van der Waals surface area contributed by atoms with Crippen LogP contribution >= 0.6 is 24.0 Å². The van der Waals surface area contributed by atoms with E-state index in [2.05, 4.69) is 29.5 Å². The van der Waals surface area contributed by atoms with E-state index in [4.69, 9.17) is 9.47 Å². The van der Waals surface area contributed by atoms with Gasteiger partial charge in [-0.25, -0.2) is 8.42 Å². The first-order valence-electron chi connectivity index (χ1n) is 8.11. The van der Waals surface area contributed by atoms with Gasteiger partial charge in [-0.05, 0) is 19.3 Å². The van der Waals surface area contributed by atoms with Gasteiger partial charge in [0.15, 0.2) is 5.96 Å². The van der Waals surface area contributed by atoms with Gasteiger partial charge in [-0.2, -0.15) is 0 Å². The van der Waals surface area contributed by atoms with E-state index in [1.54, 1.807) is 7.05 Å². The van der Waals surface area contributed by atoms with E-state index in [-0.39, 0.29) is 42.4 Å². The highest BCUT2D eigenvalue weighted by Crippen LogP contribution is 2.09. The van der Waals surface area contributed by atoms with Crippen molar-refractivity contribution in [3.05, 3.63) is 0 Å². The van der Waals surface area contributed by atoms with Gasteiger partial charge in [0.25, 0.3) is 0 Å². The fraction of sp³-hybridized carbons (Fsp3) is 0.933. The van der Waals surface area contributed by atoms with Gasteiger partial charge >= 0.3 is 0 Å². The molecule has 146 valence electrons. The molecule has 0 aliphatic rings. The van der Waals surface area contributed by atoms with Gasteiger partial charge in [0.1, 0.15) is 9.84 Å². The van der Waals surface area contributed by atoms with Crippen molar-refractivity contribution >= 4 is 39.8 Å². The van der Waals surface area contributed by atoms with E-state index in [1.165, 1.54) is 6.26 Å². The quantitative estimate of drug-likeness (QED) is 0.190. The number of halogens is 1. The third kappa shape index (κ3) is 15.4. The monoisotopic (exact) mass is 479 g/mol. The number of ether oxygens (including phenoxy) is 2. The molecule has 0 aliphatic heterocycles. The topological polar surface area (TPSA) is 89.0 Å². The molecule has 0 radical (unpaired) electrons. The summed E-state index contributed by atoms with van der Waals surface area (Å²) in [4.78, 5) is 4.13. The maximum Gasteiger partial charge on any atom is 0.191 e. The van der Waals surface area contributed by atoms with Crippen LogP contribution in [0.2, 0.25) is 0 Å². The number of hydrogen-bond donors (Lipinski definition) is 2. The van der Waals surface area contributed by atoms with Gasteiger partial charge in [0.05, 0.1) is 25.1 Å². The van der Waals surface area contributed by atoms with Crippen LogP contribution in [0.15, 0.2) is 4.99 Å². The van der Waals surface area contributed by atoms with Crippen LogP contribution in [0.4, 0.5) is 0 Å². The summed E-state index contributed by atoms with van der Waals surface area (Å²) < 4.78 is 32.9. The smallest absolute Gasteiger partial charge is 0.191 e. The molecule has 0 fully saturated rings. The highest BCUT2D eigenvalue weighted by molar-refractivity contribution is 14.0. The van der Waals surface area contributed by atoms with Crippen LogP contribution < -0.4 is 10.6 Å². The second kappa shape index (κ2) is 15.2. The average molecular weight is 479 g/mol. The Labute approximate surface area is 164 Å². The Morgan fingerprint density at radius 3 is 2.29 bits per heavy atom. The van der Waals surface area contributed by atoms with Crippen molar-refractivity contribution < 1.29 is 17.9 Å². The van der Waals surface area contributed by atoms with E-state index in [0.29, 0.717) is 25.0 Å². The lowest BCUT2D eigenvalue weighted by Gasteiger charge is -2.21. The standard InChI is InChI=1S/C15H33N3O4S.HI/c1-6-22-14(13(2)3)7-8-17-15(16-4)18-9-10-21-11-12-23(5,19)20;/h13-14H,6-12H2,1-5H3,(H2,16,17,18);1H. The molecule has 2 N–H and O–H groups in total. The molecular weight excluding hydrogens is 445 g/mol. The van der Waals surface area contributed by atoms with Gasteiger partial charge in [0.2, 0.25) is 0 Å². The molecule has 7 nitrogen and oxygen atoms in total. The molecule has 0 aromatic carbocycles. The zero-order valence-electron chi connectivity index (χ0n) is 15.5. The molecule has 0 saturated heterocycles. The van der Waals surface area contributed by atoms with Crippen molar-refractivity contribution in [2.24, 2.45) is 10.9 Å². The molecule has 0 bridgehead atoms. The Hall–Kier alpha value is -0.130. The lowest BCUT2D eigenvalue weighted by molar-refractivity contribution is 0.0258. The van der Waals surface area contributed by atoms with Crippen molar-refractivity contribution in [2.45, 2.75) is 33.3 Å². The second-order valence-corrected chi connectivity index (χ2v) is 7.95. The molecule has 0 saturated carbocycles. The summed E-state index contributed by atoms with van der Waals surface area (Å²) in [6.45, 7) is 9.04. The first kappa shape index (κ1) is 26.1. The Morgan fingerprint density at radius 1 is 1.17 bits per heavy atom. The van der Waals surface area contributed by atoms with Gasteiger partial charge in [0, 0.05) is 33.0 Å². The van der Waals surface area contributed by atoms with Crippen LogP contribution in [0.25, 0.3) is 0 Å². The minimum Gasteiger partial charge on any atom is -0.379 e. The average Bonchev–Trinajstić information content (AvgIpc) is 2.46. The fourth-order valence-corrected chi connectivity index (χ4v) is 2.35. The largest absolute Gasteiger partial charge is 0.379 e. The van der Waals surface area contributed by atoms with Crippen molar-refractivity contribution in [2.75, 3.05) is 52.0 Å². The van der Waals surface area contributed by atoms with E-state index in [0.717, 1.165) is 19.6 Å². The summed E-state index contributed by atoms with van der Waals surface area (Å²) in [6.07, 6.45) is 2.36. The minimum absolute atomic E-state index is 0. The Morgan fingerprint density at radius 2 is 1.79 bits per heavy atom. The molecule has 0 amide bonds. The van der Waals surface area contributed by atoms with Crippen LogP contribution in [-0.2, 0) is 19.3 Å². The highest BCUT2D eigenvalue weighted by atomic mass is 127. The van der Waals surface area contributed by atoms with Crippen molar-refractivity contribution in [1.82, 2.24) is 10.6 Å². The van der Waals surface area contributed by atoms with E-state index < -0.39 is 9.84 Å². The second-order valence-electron chi connectivity index (χ2n) is 5.69. The first-order chi connectivity index (χ1) is 10.8. The number of nitrogens with zero attached hydrogens (tertiary/aromatic N) is 1. The number of sulfone groups is 1. The molecule has 1 atom stereocenters. The lowest BCUT2D eigenvalue weighted by Crippen LogP contribution is -2.40. The highest BCUT2D eigenvalue weighted by Gasteiger charge is 2.12. The van der Waals surface area contributed by atoms with Crippen molar-refractivity contribution in [1.29, 1.82) is 0 Å². The molecule has 0 aromatic heterocycles. The molecule has 0 rings (SSSR count). The van der Waals surface area contributed by atoms with E-state index >= 15 is 0 Å². The van der Waals surface area contributed by atoms with E-state index in [9.17, 15) is 8.42 Å². The van der Waals surface area contributed by atoms with Crippen molar-refractivity contribution in [3.8, 4) is 0 Å². The lowest BCUT2D eigenvalue weighted by atomic mass is 10.0.